The van der Waals surface area contributed by atoms with E-state index in [0.717, 1.165) is 4.47 Å². The lowest BCUT2D eigenvalue weighted by Gasteiger charge is -2.08. The molecule has 1 heterocycles. The minimum absolute atomic E-state index is 0.0651. The van der Waals surface area contributed by atoms with Crippen molar-refractivity contribution in [1.29, 1.82) is 0 Å². The highest BCUT2D eigenvalue weighted by molar-refractivity contribution is 9.10. The highest BCUT2D eigenvalue weighted by Crippen LogP contribution is 2.35. The van der Waals surface area contributed by atoms with E-state index in [1.807, 2.05) is 6.07 Å². The lowest BCUT2D eigenvalue weighted by Crippen LogP contribution is -1.93. The van der Waals surface area contributed by atoms with E-state index in [2.05, 4.69) is 20.9 Å². The number of pyridine rings is 1. The molecule has 2 N–H and O–H groups in total. The Balaban J connectivity index is 2.31. The van der Waals surface area contributed by atoms with Gasteiger partial charge in [-0.2, -0.15) is 0 Å². The van der Waals surface area contributed by atoms with Crippen LogP contribution < -0.4 is 5.73 Å². The van der Waals surface area contributed by atoms with Gasteiger partial charge in [0, 0.05) is 26.8 Å². The van der Waals surface area contributed by atoms with Crippen LogP contribution in [0.4, 0.5) is 14.5 Å². The van der Waals surface area contributed by atoms with Gasteiger partial charge in [0.1, 0.15) is 5.03 Å². The Morgan fingerprint density at radius 1 is 1.22 bits per heavy atom. The Morgan fingerprint density at radius 3 is 2.61 bits per heavy atom. The molecule has 94 valence electrons. The van der Waals surface area contributed by atoms with Crippen LogP contribution in [0.5, 0.6) is 0 Å². The average Bonchev–Trinajstić information content (AvgIpc) is 2.34. The molecule has 2 nitrogen and oxygen atoms in total. The van der Waals surface area contributed by atoms with Gasteiger partial charge in [-0.1, -0.05) is 11.8 Å². The molecule has 0 aliphatic carbocycles. The number of nitrogens with zero attached hydrogens (tertiary/aromatic N) is 1. The Hall–Kier alpha value is -1.14. The zero-order valence-electron chi connectivity index (χ0n) is 9.11. The topological polar surface area (TPSA) is 38.9 Å². The summed E-state index contributed by atoms with van der Waals surface area (Å²) in [7, 11) is 0. The smallest absolute Gasteiger partial charge is 0.265 e. The second-order valence-electron chi connectivity index (χ2n) is 3.51. The van der Waals surface area contributed by atoms with Gasteiger partial charge in [-0.15, -0.1) is 0 Å². The molecule has 0 unspecified atom stereocenters. The highest BCUT2D eigenvalue weighted by Gasteiger charge is 2.14. The van der Waals surface area contributed by atoms with Gasteiger partial charge in [-0.05, 0) is 46.3 Å². The molecule has 0 aliphatic heterocycles. The van der Waals surface area contributed by atoms with Gasteiger partial charge in [0.2, 0.25) is 0 Å². The summed E-state index contributed by atoms with van der Waals surface area (Å²) >= 11 is 4.46. The van der Waals surface area contributed by atoms with Gasteiger partial charge in [0.25, 0.3) is 6.43 Å². The summed E-state index contributed by atoms with van der Waals surface area (Å²) in [5.74, 6) is 0. The van der Waals surface area contributed by atoms with Gasteiger partial charge >= 0.3 is 0 Å². The van der Waals surface area contributed by atoms with E-state index in [-0.39, 0.29) is 5.56 Å². The van der Waals surface area contributed by atoms with Gasteiger partial charge in [0.15, 0.2) is 0 Å². The summed E-state index contributed by atoms with van der Waals surface area (Å²) in [4.78, 5) is 4.60. The molecule has 2 rings (SSSR count). The fourth-order valence-corrected chi connectivity index (χ4v) is 2.47. The van der Waals surface area contributed by atoms with Crippen LogP contribution in [0.1, 0.15) is 12.0 Å². The highest BCUT2D eigenvalue weighted by atomic mass is 79.9. The molecular formula is C12H9BrF2N2S. The third-order valence-electron chi connectivity index (χ3n) is 2.18. The molecule has 6 heteroatoms. The maximum atomic E-state index is 12.9. The maximum Gasteiger partial charge on any atom is 0.265 e. The molecule has 0 amide bonds. The van der Waals surface area contributed by atoms with Crippen LogP contribution in [-0.4, -0.2) is 4.98 Å². The van der Waals surface area contributed by atoms with Crippen LogP contribution in [0.3, 0.4) is 0 Å². The van der Waals surface area contributed by atoms with Crippen molar-refractivity contribution in [3.8, 4) is 0 Å². The monoisotopic (exact) mass is 330 g/mol. The average molecular weight is 331 g/mol. The molecule has 0 aliphatic rings. The Bertz CT molecular complexity index is 546. The third-order valence-corrected chi connectivity index (χ3v) is 3.70. The molecule has 0 atom stereocenters. The van der Waals surface area contributed by atoms with Crippen LogP contribution in [0.25, 0.3) is 0 Å². The number of benzene rings is 1. The molecule has 1 aromatic carbocycles. The van der Waals surface area contributed by atoms with Gasteiger partial charge in [0.05, 0.1) is 0 Å². The first-order valence-electron chi connectivity index (χ1n) is 5.03. The fourth-order valence-electron chi connectivity index (χ4n) is 1.37. The molecule has 1 aromatic heterocycles. The number of halogens is 3. The minimum atomic E-state index is -2.55. The molecule has 0 radical (unpaired) electrons. The molecule has 0 saturated heterocycles. The van der Waals surface area contributed by atoms with Crippen molar-refractivity contribution < 1.29 is 8.78 Å². The van der Waals surface area contributed by atoms with Gasteiger partial charge in [-0.25, -0.2) is 13.8 Å². The normalized spacial score (nSPS) is 10.9. The van der Waals surface area contributed by atoms with Crippen LogP contribution in [0.15, 0.2) is 50.9 Å². The van der Waals surface area contributed by atoms with Gasteiger partial charge < -0.3 is 5.73 Å². The Labute approximate surface area is 116 Å². The zero-order chi connectivity index (χ0) is 13.1. The standard InChI is InChI=1S/C12H9BrF2N2S/c13-7-1-4-11(17-6-7)18-10-3-2-8(16)5-9(10)12(14)15/h1-6,12H,16H2. The number of anilines is 1. The summed E-state index contributed by atoms with van der Waals surface area (Å²) in [5, 5.41) is 0.657. The molecule has 0 spiro atoms. The van der Waals surface area contributed by atoms with Crippen molar-refractivity contribution in [3.05, 3.63) is 46.6 Å². The first-order chi connectivity index (χ1) is 8.56. The largest absolute Gasteiger partial charge is 0.399 e. The maximum absolute atomic E-state index is 12.9. The minimum Gasteiger partial charge on any atom is -0.399 e. The summed E-state index contributed by atoms with van der Waals surface area (Å²) in [6.45, 7) is 0. The Kier molecular flexibility index (Phi) is 4.19. The third kappa shape index (κ3) is 3.20. The van der Waals surface area contributed by atoms with Crippen molar-refractivity contribution in [2.45, 2.75) is 16.3 Å². The SMILES string of the molecule is Nc1ccc(Sc2ccc(Br)cn2)c(C(F)F)c1. The van der Waals surface area contributed by atoms with E-state index in [1.54, 1.807) is 24.4 Å². The molecule has 0 fully saturated rings. The van der Waals surface area contributed by atoms with Crippen LogP contribution >= 0.6 is 27.7 Å². The van der Waals surface area contributed by atoms with Crippen molar-refractivity contribution >= 4 is 33.4 Å². The molecule has 0 saturated carbocycles. The van der Waals surface area contributed by atoms with E-state index < -0.39 is 6.43 Å². The quantitative estimate of drug-likeness (QED) is 0.841. The number of nitrogens with two attached hydrogens (primary N) is 1. The van der Waals surface area contributed by atoms with E-state index in [9.17, 15) is 8.78 Å². The van der Waals surface area contributed by atoms with Crippen LogP contribution in [0.2, 0.25) is 0 Å². The Morgan fingerprint density at radius 2 is 2.00 bits per heavy atom. The molecule has 0 bridgehead atoms. The van der Waals surface area contributed by atoms with Crippen molar-refractivity contribution in [3.63, 3.8) is 0 Å². The molecule has 18 heavy (non-hydrogen) atoms. The lowest BCUT2D eigenvalue weighted by atomic mass is 10.2. The number of hydrogen-bond donors (Lipinski definition) is 1. The lowest BCUT2D eigenvalue weighted by molar-refractivity contribution is 0.148. The second-order valence-corrected chi connectivity index (χ2v) is 5.49. The van der Waals surface area contributed by atoms with E-state index in [0.29, 0.717) is 15.6 Å². The number of rotatable bonds is 3. The summed E-state index contributed by atoms with van der Waals surface area (Å²) in [6, 6.07) is 8.07. The molecule has 2 aromatic rings. The second kappa shape index (κ2) is 5.67. The van der Waals surface area contributed by atoms with Gasteiger partial charge in [-0.3, -0.25) is 0 Å². The van der Waals surface area contributed by atoms with E-state index >= 15 is 0 Å². The predicted molar refractivity (Wildman–Crippen MR) is 71.9 cm³/mol. The van der Waals surface area contributed by atoms with E-state index in [1.165, 1.54) is 17.8 Å². The summed E-state index contributed by atoms with van der Waals surface area (Å²) in [5.41, 5.74) is 5.78. The summed E-state index contributed by atoms with van der Waals surface area (Å²) in [6.07, 6.45) is -0.923. The number of aromatic nitrogens is 1. The van der Waals surface area contributed by atoms with Crippen LogP contribution in [-0.2, 0) is 0 Å². The molecular weight excluding hydrogens is 322 g/mol. The van der Waals surface area contributed by atoms with Crippen molar-refractivity contribution in [1.82, 2.24) is 4.98 Å². The number of hydrogen-bond acceptors (Lipinski definition) is 3. The van der Waals surface area contributed by atoms with Crippen molar-refractivity contribution in [2.75, 3.05) is 5.73 Å². The summed E-state index contributed by atoms with van der Waals surface area (Å²) < 4.78 is 26.6. The van der Waals surface area contributed by atoms with E-state index in [4.69, 9.17) is 5.73 Å². The zero-order valence-corrected chi connectivity index (χ0v) is 11.5. The first-order valence-corrected chi connectivity index (χ1v) is 6.64. The number of alkyl halides is 2. The first kappa shape index (κ1) is 13.3. The van der Waals surface area contributed by atoms with Crippen molar-refractivity contribution in [2.24, 2.45) is 0 Å². The number of nitrogen functional groups attached to an aromatic ring is 1. The fraction of sp³-hybridized carbons (Fsp3) is 0.0833. The predicted octanol–water partition coefficient (Wildman–Crippen LogP) is 4.52. The van der Waals surface area contributed by atoms with Crippen LogP contribution in [0, 0.1) is 0 Å².